The van der Waals surface area contributed by atoms with E-state index in [1.54, 1.807) is 7.11 Å². The van der Waals surface area contributed by atoms with Gasteiger partial charge in [-0.25, -0.2) is 0 Å². The van der Waals surface area contributed by atoms with Crippen molar-refractivity contribution in [3.8, 4) is 5.75 Å². The second kappa shape index (κ2) is 7.54. The van der Waals surface area contributed by atoms with E-state index in [-0.39, 0.29) is 0 Å². The summed E-state index contributed by atoms with van der Waals surface area (Å²) < 4.78 is 5.50. The van der Waals surface area contributed by atoms with Crippen molar-refractivity contribution in [1.29, 1.82) is 0 Å². The standard InChI is InChI=1S/C17H27NO/c1-3-16(15-12-8-9-13-17(15)19-2)18-14-10-6-4-5-7-11-14/h8-9,12-14,16,18H,3-7,10-11H2,1-2H3. The van der Waals surface area contributed by atoms with Crippen LogP contribution in [-0.4, -0.2) is 13.2 Å². The molecule has 0 aliphatic heterocycles. The second-order valence-corrected chi connectivity index (χ2v) is 5.56. The molecule has 0 saturated heterocycles. The number of methoxy groups -OCH3 is 1. The van der Waals surface area contributed by atoms with Crippen molar-refractivity contribution >= 4 is 0 Å². The number of ether oxygens (including phenoxy) is 1. The highest BCUT2D eigenvalue weighted by Gasteiger charge is 2.19. The van der Waals surface area contributed by atoms with Crippen molar-refractivity contribution in [2.45, 2.75) is 64.0 Å². The van der Waals surface area contributed by atoms with E-state index < -0.39 is 0 Å². The molecular weight excluding hydrogens is 234 g/mol. The average molecular weight is 261 g/mol. The first kappa shape index (κ1) is 14.4. The summed E-state index contributed by atoms with van der Waals surface area (Å²) in [6.07, 6.45) is 9.32. The van der Waals surface area contributed by atoms with Gasteiger partial charge in [-0.15, -0.1) is 0 Å². The number of benzene rings is 1. The third-order valence-electron chi connectivity index (χ3n) is 4.21. The molecule has 106 valence electrons. The summed E-state index contributed by atoms with van der Waals surface area (Å²) in [5, 5.41) is 3.86. The first-order valence-electron chi connectivity index (χ1n) is 7.74. The van der Waals surface area contributed by atoms with Crippen LogP contribution in [0.2, 0.25) is 0 Å². The highest BCUT2D eigenvalue weighted by molar-refractivity contribution is 5.35. The molecule has 1 saturated carbocycles. The van der Waals surface area contributed by atoms with Crippen molar-refractivity contribution in [2.24, 2.45) is 0 Å². The number of rotatable bonds is 5. The van der Waals surface area contributed by atoms with E-state index in [9.17, 15) is 0 Å². The Morgan fingerprint density at radius 1 is 1.16 bits per heavy atom. The van der Waals surface area contributed by atoms with Crippen LogP contribution in [0.4, 0.5) is 0 Å². The number of hydrogen-bond acceptors (Lipinski definition) is 2. The Morgan fingerprint density at radius 2 is 1.84 bits per heavy atom. The molecule has 2 rings (SSSR count). The molecule has 1 atom stereocenters. The van der Waals surface area contributed by atoms with Crippen molar-refractivity contribution in [3.05, 3.63) is 29.8 Å². The molecule has 1 aromatic rings. The lowest BCUT2D eigenvalue weighted by molar-refractivity contribution is 0.367. The molecule has 0 bridgehead atoms. The van der Waals surface area contributed by atoms with Crippen molar-refractivity contribution in [3.63, 3.8) is 0 Å². The molecule has 0 amide bonds. The molecule has 1 unspecified atom stereocenters. The zero-order valence-corrected chi connectivity index (χ0v) is 12.3. The summed E-state index contributed by atoms with van der Waals surface area (Å²) in [7, 11) is 1.76. The van der Waals surface area contributed by atoms with E-state index in [1.165, 1.54) is 44.1 Å². The van der Waals surface area contributed by atoms with Crippen LogP contribution < -0.4 is 10.1 Å². The van der Waals surface area contributed by atoms with Gasteiger partial charge in [0.25, 0.3) is 0 Å². The Bertz CT molecular complexity index is 369. The zero-order chi connectivity index (χ0) is 13.5. The van der Waals surface area contributed by atoms with Crippen LogP contribution in [0.25, 0.3) is 0 Å². The highest BCUT2D eigenvalue weighted by atomic mass is 16.5. The molecule has 1 aliphatic rings. The van der Waals surface area contributed by atoms with E-state index in [0.29, 0.717) is 12.1 Å². The van der Waals surface area contributed by atoms with E-state index in [1.807, 2.05) is 6.07 Å². The van der Waals surface area contributed by atoms with Crippen LogP contribution in [-0.2, 0) is 0 Å². The third kappa shape index (κ3) is 3.97. The largest absolute Gasteiger partial charge is 0.496 e. The quantitative estimate of drug-likeness (QED) is 0.790. The van der Waals surface area contributed by atoms with Crippen LogP contribution in [0, 0.1) is 0 Å². The van der Waals surface area contributed by atoms with Crippen molar-refractivity contribution in [2.75, 3.05) is 7.11 Å². The lowest BCUT2D eigenvalue weighted by Crippen LogP contribution is -2.32. The van der Waals surface area contributed by atoms with Crippen molar-refractivity contribution in [1.82, 2.24) is 5.32 Å². The van der Waals surface area contributed by atoms with Gasteiger partial charge >= 0.3 is 0 Å². The summed E-state index contributed by atoms with van der Waals surface area (Å²) in [5.41, 5.74) is 1.30. The van der Waals surface area contributed by atoms with E-state index >= 15 is 0 Å². The van der Waals surface area contributed by atoms with Gasteiger partial charge in [0.1, 0.15) is 5.75 Å². The Morgan fingerprint density at radius 3 is 2.47 bits per heavy atom. The van der Waals surface area contributed by atoms with Gasteiger partial charge in [-0.2, -0.15) is 0 Å². The van der Waals surface area contributed by atoms with Gasteiger partial charge in [-0.1, -0.05) is 50.8 Å². The van der Waals surface area contributed by atoms with E-state index in [2.05, 4.69) is 30.4 Å². The van der Waals surface area contributed by atoms with Crippen LogP contribution in [0.5, 0.6) is 5.75 Å². The Kier molecular flexibility index (Phi) is 5.71. The van der Waals surface area contributed by atoms with Crippen LogP contribution >= 0.6 is 0 Å². The van der Waals surface area contributed by atoms with Gasteiger partial charge in [0.05, 0.1) is 7.11 Å². The Hall–Kier alpha value is -1.02. The highest BCUT2D eigenvalue weighted by Crippen LogP contribution is 2.29. The number of hydrogen-bond donors (Lipinski definition) is 1. The fraction of sp³-hybridized carbons (Fsp3) is 0.647. The molecule has 0 aromatic heterocycles. The summed E-state index contributed by atoms with van der Waals surface area (Å²) in [6, 6.07) is 9.50. The summed E-state index contributed by atoms with van der Waals surface area (Å²) in [5.74, 6) is 1.01. The molecule has 1 fully saturated rings. The van der Waals surface area contributed by atoms with E-state index in [0.717, 1.165) is 12.2 Å². The Balaban J connectivity index is 2.06. The second-order valence-electron chi connectivity index (χ2n) is 5.56. The van der Waals surface area contributed by atoms with Gasteiger partial charge in [-0.05, 0) is 25.3 Å². The van der Waals surface area contributed by atoms with Gasteiger partial charge in [0.15, 0.2) is 0 Å². The molecule has 2 nitrogen and oxygen atoms in total. The van der Waals surface area contributed by atoms with Gasteiger partial charge in [0, 0.05) is 17.6 Å². The lowest BCUT2D eigenvalue weighted by atomic mass is 10.00. The summed E-state index contributed by atoms with van der Waals surface area (Å²) in [6.45, 7) is 2.25. The first-order valence-corrected chi connectivity index (χ1v) is 7.74. The monoisotopic (exact) mass is 261 g/mol. The zero-order valence-electron chi connectivity index (χ0n) is 12.3. The smallest absolute Gasteiger partial charge is 0.123 e. The molecule has 0 radical (unpaired) electrons. The lowest BCUT2D eigenvalue weighted by Gasteiger charge is -2.25. The third-order valence-corrected chi connectivity index (χ3v) is 4.21. The SMILES string of the molecule is CCC(NC1CCCCCC1)c1ccccc1OC. The molecule has 0 spiro atoms. The maximum absolute atomic E-state index is 5.50. The maximum atomic E-state index is 5.50. The van der Waals surface area contributed by atoms with Crippen LogP contribution in [0.1, 0.15) is 63.5 Å². The average Bonchev–Trinajstić information content (AvgIpc) is 2.73. The predicted octanol–water partition coefficient (Wildman–Crippen LogP) is 4.46. The molecule has 19 heavy (non-hydrogen) atoms. The van der Waals surface area contributed by atoms with Crippen LogP contribution in [0.3, 0.4) is 0 Å². The fourth-order valence-corrected chi connectivity index (χ4v) is 3.11. The normalized spacial score (nSPS) is 18.8. The van der Waals surface area contributed by atoms with Gasteiger partial charge in [0.2, 0.25) is 0 Å². The van der Waals surface area contributed by atoms with Gasteiger partial charge < -0.3 is 10.1 Å². The van der Waals surface area contributed by atoms with E-state index in [4.69, 9.17) is 4.74 Å². The van der Waals surface area contributed by atoms with Gasteiger partial charge in [-0.3, -0.25) is 0 Å². The molecule has 1 aromatic carbocycles. The molecule has 0 heterocycles. The predicted molar refractivity (Wildman–Crippen MR) is 80.7 cm³/mol. The topological polar surface area (TPSA) is 21.3 Å². The minimum absolute atomic E-state index is 0.416. The summed E-state index contributed by atoms with van der Waals surface area (Å²) in [4.78, 5) is 0. The number of nitrogens with one attached hydrogen (secondary N) is 1. The molecule has 1 aliphatic carbocycles. The number of para-hydroxylation sites is 1. The summed E-state index contributed by atoms with van der Waals surface area (Å²) >= 11 is 0. The maximum Gasteiger partial charge on any atom is 0.123 e. The first-order chi connectivity index (χ1) is 9.35. The molecule has 2 heteroatoms. The molecule has 1 N–H and O–H groups in total. The fourth-order valence-electron chi connectivity index (χ4n) is 3.11. The van der Waals surface area contributed by atoms with Crippen molar-refractivity contribution < 1.29 is 4.74 Å². The Labute approximate surface area is 117 Å². The molecular formula is C17H27NO. The minimum atomic E-state index is 0.416. The minimum Gasteiger partial charge on any atom is -0.496 e. The van der Waals surface area contributed by atoms with Crippen LogP contribution in [0.15, 0.2) is 24.3 Å².